The summed E-state index contributed by atoms with van der Waals surface area (Å²) in [5, 5.41) is 5.31. The Morgan fingerprint density at radius 2 is 2.33 bits per heavy atom. The summed E-state index contributed by atoms with van der Waals surface area (Å²) in [6, 6.07) is 0. The van der Waals surface area contributed by atoms with E-state index in [2.05, 4.69) is 9.59 Å². The number of hydrogen-bond donors (Lipinski definition) is 0. The maximum absolute atomic E-state index is 3.51. The first-order chi connectivity index (χ1) is 2.50. The normalized spacial score (nSPS) is 6.67. The third-order valence-electron chi connectivity index (χ3n) is 0.283. The average molecular weight is 94.1 g/mol. The van der Waals surface area contributed by atoms with Gasteiger partial charge in [0, 0.05) is 5.38 Å². The molecule has 0 aliphatic rings. The molecule has 0 unspecified atom stereocenters. The summed E-state index contributed by atoms with van der Waals surface area (Å²) >= 11 is 1.35. The van der Waals surface area contributed by atoms with E-state index in [-0.39, 0.29) is 18.9 Å². The molecular weight excluding hydrogens is 91.0 g/mol. The van der Waals surface area contributed by atoms with Gasteiger partial charge in [-0.1, -0.05) is 4.49 Å². The van der Waals surface area contributed by atoms with Gasteiger partial charge in [0.25, 0.3) is 0 Å². The summed E-state index contributed by atoms with van der Waals surface area (Å²) in [5.41, 5.74) is 0. The topological polar surface area (TPSA) is 25.8 Å². The van der Waals surface area contributed by atoms with Crippen LogP contribution < -0.4 is 0 Å². The second-order valence-corrected chi connectivity index (χ2v) is 1.23. The van der Waals surface area contributed by atoms with E-state index < -0.39 is 0 Å². The van der Waals surface area contributed by atoms with Crippen molar-refractivity contribution in [3.63, 3.8) is 0 Å². The molecule has 0 radical (unpaired) electrons. The van der Waals surface area contributed by atoms with Crippen LogP contribution in [0.3, 0.4) is 0 Å². The second-order valence-electron chi connectivity index (χ2n) is 0.588. The summed E-state index contributed by atoms with van der Waals surface area (Å²) in [6.45, 7) is 0. The standard InChI is InChI=1S/C2H2N2S.Li.H/c1-2-5-4-3-1;;/h1-2H;;. The summed E-state index contributed by atoms with van der Waals surface area (Å²) < 4.78 is 3.51. The van der Waals surface area contributed by atoms with Gasteiger partial charge in [0.2, 0.25) is 0 Å². The number of hydrogen-bond acceptors (Lipinski definition) is 3. The molecule has 28 valence electrons. The predicted molar refractivity (Wildman–Crippen MR) is 27.1 cm³/mol. The first kappa shape index (κ1) is 6.16. The zero-order valence-electron chi connectivity index (χ0n) is 2.46. The molecule has 0 saturated heterocycles. The van der Waals surface area contributed by atoms with Gasteiger partial charge in [-0.15, -0.1) is 5.10 Å². The summed E-state index contributed by atoms with van der Waals surface area (Å²) in [6.07, 6.45) is 1.66. The van der Waals surface area contributed by atoms with E-state index in [1.807, 2.05) is 5.38 Å². The van der Waals surface area contributed by atoms with Crippen molar-refractivity contribution in [2.75, 3.05) is 0 Å². The van der Waals surface area contributed by atoms with E-state index in [1.54, 1.807) is 6.20 Å². The Morgan fingerprint density at radius 3 is 2.50 bits per heavy atom. The van der Waals surface area contributed by atoms with E-state index in [9.17, 15) is 0 Å². The van der Waals surface area contributed by atoms with Gasteiger partial charge in [-0.25, -0.2) is 0 Å². The molecule has 2 nitrogen and oxygen atoms in total. The zero-order valence-corrected chi connectivity index (χ0v) is 3.27. The monoisotopic (exact) mass is 94.0 g/mol. The molecule has 0 N–H and O–H groups in total. The van der Waals surface area contributed by atoms with Gasteiger partial charge in [-0.2, -0.15) is 0 Å². The molecule has 0 bridgehead atoms. The molecule has 0 aliphatic heterocycles. The van der Waals surface area contributed by atoms with Crippen molar-refractivity contribution in [1.82, 2.24) is 9.59 Å². The maximum atomic E-state index is 3.51. The molecule has 0 aromatic carbocycles. The van der Waals surface area contributed by atoms with E-state index in [4.69, 9.17) is 0 Å². The van der Waals surface area contributed by atoms with Crippen molar-refractivity contribution in [3.8, 4) is 0 Å². The summed E-state index contributed by atoms with van der Waals surface area (Å²) in [7, 11) is 0. The zero-order chi connectivity index (χ0) is 3.54. The fourth-order valence-electron chi connectivity index (χ4n) is 0.136. The van der Waals surface area contributed by atoms with E-state index in [0.29, 0.717) is 0 Å². The number of nitrogens with zero attached hydrogens (tertiary/aromatic N) is 2. The van der Waals surface area contributed by atoms with Crippen LogP contribution in [-0.4, -0.2) is 28.4 Å². The van der Waals surface area contributed by atoms with Crippen LogP contribution >= 0.6 is 11.5 Å². The Bertz CT molecular complexity index is 68.0. The fraction of sp³-hybridized carbons (Fsp3) is 0. The minimum absolute atomic E-state index is 0. The summed E-state index contributed by atoms with van der Waals surface area (Å²) in [4.78, 5) is 0. The van der Waals surface area contributed by atoms with Gasteiger partial charge in [0.05, 0.1) is 6.20 Å². The Balaban J connectivity index is 0.000000250. The van der Waals surface area contributed by atoms with Gasteiger partial charge >= 0.3 is 18.9 Å². The average Bonchev–Trinajstić information content (AvgIpc) is 1.76. The quantitative estimate of drug-likeness (QED) is 0.419. The van der Waals surface area contributed by atoms with Crippen LogP contribution in [0.2, 0.25) is 0 Å². The molecule has 0 spiro atoms. The van der Waals surface area contributed by atoms with Crippen molar-refractivity contribution in [2.45, 2.75) is 0 Å². The van der Waals surface area contributed by atoms with Crippen LogP contribution in [0.5, 0.6) is 0 Å². The SMILES string of the molecule is [LiH].c1csnn1. The molecule has 0 fully saturated rings. The Kier molecular flexibility index (Phi) is 3.44. The largest absolute Gasteiger partial charge is 0.147 e. The molecule has 0 amide bonds. The van der Waals surface area contributed by atoms with Crippen LogP contribution in [0.25, 0.3) is 0 Å². The predicted octanol–water partition coefficient (Wildman–Crippen LogP) is -0.110. The van der Waals surface area contributed by atoms with E-state index in [0.717, 1.165) is 0 Å². The molecule has 0 aliphatic carbocycles. The number of aromatic nitrogens is 2. The molecule has 4 heteroatoms. The smallest absolute Gasteiger partial charge is 0.0620 e. The molecule has 1 aromatic rings. The fourth-order valence-corrected chi connectivity index (χ4v) is 0.408. The van der Waals surface area contributed by atoms with E-state index >= 15 is 0 Å². The molecule has 0 atom stereocenters. The molecule has 1 heterocycles. The summed E-state index contributed by atoms with van der Waals surface area (Å²) in [5.74, 6) is 0. The van der Waals surface area contributed by atoms with Gasteiger partial charge in [-0.05, 0) is 11.5 Å². The van der Waals surface area contributed by atoms with Gasteiger partial charge in [0.1, 0.15) is 0 Å². The molecule has 0 saturated carbocycles. The second kappa shape index (κ2) is 3.35. The first-order valence-electron chi connectivity index (χ1n) is 1.21. The van der Waals surface area contributed by atoms with Gasteiger partial charge in [0.15, 0.2) is 0 Å². The minimum Gasteiger partial charge on any atom is -0.147 e. The minimum atomic E-state index is 0. The molecule has 1 aromatic heterocycles. The number of rotatable bonds is 0. The molecule has 1 rings (SSSR count). The van der Waals surface area contributed by atoms with Crippen molar-refractivity contribution in [3.05, 3.63) is 11.6 Å². The van der Waals surface area contributed by atoms with Crippen molar-refractivity contribution >= 4 is 30.4 Å². The Hall–Kier alpha value is 0.157. The van der Waals surface area contributed by atoms with Gasteiger partial charge in [-0.3, -0.25) is 0 Å². The third-order valence-corrected chi connectivity index (χ3v) is 0.715. The van der Waals surface area contributed by atoms with Crippen molar-refractivity contribution in [2.24, 2.45) is 0 Å². The van der Waals surface area contributed by atoms with Crippen molar-refractivity contribution < 1.29 is 0 Å². The molecule has 6 heavy (non-hydrogen) atoms. The van der Waals surface area contributed by atoms with Crippen LogP contribution in [0, 0.1) is 0 Å². The molecular formula is C2H3LiN2S. The van der Waals surface area contributed by atoms with Gasteiger partial charge < -0.3 is 0 Å². The van der Waals surface area contributed by atoms with Crippen LogP contribution in [0.15, 0.2) is 11.6 Å². The van der Waals surface area contributed by atoms with Crippen molar-refractivity contribution in [1.29, 1.82) is 0 Å². The van der Waals surface area contributed by atoms with Crippen LogP contribution in [-0.2, 0) is 0 Å². The third kappa shape index (κ3) is 1.56. The van der Waals surface area contributed by atoms with E-state index in [1.165, 1.54) is 11.5 Å². The maximum Gasteiger partial charge on any atom is 0.0620 e. The first-order valence-corrected chi connectivity index (χ1v) is 2.05. The Morgan fingerprint density at radius 1 is 1.50 bits per heavy atom. The van der Waals surface area contributed by atoms with Crippen LogP contribution in [0.4, 0.5) is 0 Å². The van der Waals surface area contributed by atoms with Crippen LogP contribution in [0.1, 0.15) is 0 Å². The Labute approximate surface area is 51.9 Å².